The van der Waals surface area contributed by atoms with Gasteiger partial charge >= 0.3 is 0 Å². The minimum absolute atomic E-state index is 0.0127. The van der Waals surface area contributed by atoms with Gasteiger partial charge in [0.15, 0.2) is 5.69 Å². The number of benzene rings is 2. The number of aromatic nitrogens is 3. The molecule has 0 unspecified atom stereocenters. The van der Waals surface area contributed by atoms with Crippen LogP contribution < -0.4 is 15.6 Å². The topological polar surface area (TPSA) is 98.1 Å². The van der Waals surface area contributed by atoms with Gasteiger partial charge in [0.2, 0.25) is 0 Å². The molecule has 0 spiro atoms. The van der Waals surface area contributed by atoms with Crippen LogP contribution in [0.3, 0.4) is 0 Å². The molecule has 162 valence electrons. The minimum Gasteiger partial charge on any atom is -0.491 e. The molecule has 0 saturated carbocycles. The van der Waals surface area contributed by atoms with Crippen LogP contribution in [0.5, 0.6) is 5.75 Å². The highest BCUT2D eigenvalue weighted by atomic mass is 16.5. The molecule has 3 rings (SSSR count). The van der Waals surface area contributed by atoms with E-state index < -0.39 is 11.8 Å². The lowest BCUT2D eigenvalue weighted by atomic mass is 10.1. The molecule has 3 aromatic rings. The zero-order chi connectivity index (χ0) is 22.5. The van der Waals surface area contributed by atoms with Gasteiger partial charge < -0.3 is 4.74 Å². The molecule has 2 aromatic carbocycles. The molecule has 0 aliphatic carbocycles. The zero-order valence-corrected chi connectivity index (χ0v) is 18.3. The molecule has 8 heteroatoms. The lowest BCUT2D eigenvalue weighted by molar-refractivity contribution is 0.0843. The van der Waals surface area contributed by atoms with E-state index in [1.165, 1.54) is 0 Å². The summed E-state index contributed by atoms with van der Waals surface area (Å²) >= 11 is 0. The molecule has 0 aliphatic rings. The number of hydrogen-bond donors (Lipinski definition) is 2. The highest BCUT2D eigenvalue weighted by Gasteiger charge is 2.23. The third kappa shape index (κ3) is 5.28. The number of carbonyl (C=O) groups is 2. The summed E-state index contributed by atoms with van der Waals surface area (Å²) in [6.45, 7) is 9.77. The molecule has 0 bridgehead atoms. The number of carbonyl (C=O) groups excluding carboxylic acids is 2. The Balaban J connectivity index is 1.71. The van der Waals surface area contributed by atoms with E-state index in [1.807, 2.05) is 58.9 Å². The number of hydrogen-bond acceptors (Lipinski definition) is 5. The maximum Gasteiger partial charge on any atom is 0.292 e. The molecular weight excluding hydrogens is 394 g/mol. The predicted octanol–water partition coefficient (Wildman–Crippen LogP) is 3.56. The molecule has 1 heterocycles. The Labute approximate surface area is 181 Å². The van der Waals surface area contributed by atoms with Crippen molar-refractivity contribution in [3.05, 3.63) is 71.0 Å². The van der Waals surface area contributed by atoms with Crippen molar-refractivity contribution in [2.24, 2.45) is 0 Å². The van der Waals surface area contributed by atoms with E-state index in [0.717, 1.165) is 11.3 Å². The van der Waals surface area contributed by atoms with E-state index in [-0.39, 0.29) is 17.7 Å². The first-order valence-electron chi connectivity index (χ1n) is 10.2. The first kappa shape index (κ1) is 22.0. The van der Waals surface area contributed by atoms with Gasteiger partial charge in [-0.25, -0.2) is 4.68 Å². The molecule has 0 saturated heterocycles. The van der Waals surface area contributed by atoms with Crippen LogP contribution in [0.4, 0.5) is 0 Å². The summed E-state index contributed by atoms with van der Waals surface area (Å²) in [5.74, 6) is -0.317. The van der Waals surface area contributed by atoms with Gasteiger partial charge in [0.25, 0.3) is 11.8 Å². The number of aryl methyl sites for hydroxylation is 1. The van der Waals surface area contributed by atoms with E-state index in [9.17, 15) is 9.59 Å². The summed E-state index contributed by atoms with van der Waals surface area (Å²) in [6, 6.07) is 14.5. The number of nitrogens with zero attached hydrogens (tertiary/aromatic N) is 3. The average molecular weight is 422 g/mol. The van der Waals surface area contributed by atoms with E-state index in [1.54, 1.807) is 28.9 Å². The van der Waals surface area contributed by atoms with Gasteiger partial charge in [-0.05, 0) is 63.1 Å². The van der Waals surface area contributed by atoms with Crippen molar-refractivity contribution in [2.75, 3.05) is 0 Å². The van der Waals surface area contributed by atoms with Gasteiger partial charge in [0, 0.05) is 5.56 Å². The number of amides is 2. The molecule has 2 N–H and O–H groups in total. The van der Waals surface area contributed by atoms with E-state index in [0.29, 0.717) is 17.0 Å². The average Bonchev–Trinajstić information content (AvgIpc) is 3.18. The minimum atomic E-state index is -0.532. The molecule has 2 amide bonds. The zero-order valence-electron chi connectivity index (χ0n) is 18.3. The van der Waals surface area contributed by atoms with Gasteiger partial charge in [-0.3, -0.25) is 20.4 Å². The van der Waals surface area contributed by atoms with Crippen molar-refractivity contribution >= 4 is 11.8 Å². The second-order valence-corrected chi connectivity index (χ2v) is 7.82. The summed E-state index contributed by atoms with van der Waals surface area (Å²) in [5.41, 5.74) is 8.00. The van der Waals surface area contributed by atoms with Crippen LogP contribution in [0.2, 0.25) is 0 Å². The fourth-order valence-corrected chi connectivity index (χ4v) is 3.05. The Morgan fingerprint density at radius 3 is 2.10 bits per heavy atom. The highest BCUT2D eigenvalue weighted by molar-refractivity contribution is 5.98. The van der Waals surface area contributed by atoms with Crippen molar-refractivity contribution < 1.29 is 14.3 Å². The van der Waals surface area contributed by atoms with Crippen LogP contribution in [-0.4, -0.2) is 32.9 Å². The summed E-state index contributed by atoms with van der Waals surface area (Å²) in [4.78, 5) is 25.1. The van der Waals surface area contributed by atoms with E-state index >= 15 is 0 Å². The maximum atomic E-state index is 12.7. The summed E-state index contributed by atoms with van der Waals surface area (Å²) in [7, 11) is 0. The van der Waals surface area contributed by atoms with E-state index in [4.69, 9.17) is 4.74 Å². The molecule has 8 nitrogen and oxygen atoms in total. The van der Waals surface area contributed by atoms with Crippen LogP contribution in [0.1, 0.15) is 65.7 Å². The summed E-state index contributed by atoms with van der Waals surface area (Å²) < 4.78 is 7.21. The quantitative estimate of drug-likeness (QED) is 0.593. The Bertz CT molecular complexity index is 1050. The molecule has 0 atom stereocenters. The van der Waals surface area contributed by atoms with Gasteiger partial charge in [-0.1, -0.05) is 36.8 Å². The van der Waals surface area contributed by atoms with Crippen LogP contribution in [-0.2, 0) is 0 Å². The number of ether oxygens (including phenoxy) is 1. The fourth-order valence-electron chi connectivity index (χ4n) is 3.05. The summed E-state index contributed by atoms with van der Waals surface area (Å²) in [6.07, 6.45) is 0.0439. The third-order valence-corrected chi connectivity index (χ3v) is 4.52. The summed E-state index contributed by atoms with van der Waals surface area (Å²) in [5, 5.41) is 8.22. The van der Waals surface area contributed by atoms with Crippen LogP contribution in [0.25, 0.3) is 5.69 Å². The Morgan fingerprint density at radius 2 is 1.52 bits per heavy atom. The predicted molar refractivity (Wildman–Crippen MR) is 117 cm³/mol. The Kier molecular flexibility index (Phi) is 6.69. The van der Waals surface area contributed by atoms with Crippen molar-refractivity contribution in [1.82, 2.24) is 25.8 Å². The first-order chi connectivity index (χ1) is 14.8. The third-order valence-electron chi connectivity index (χ3n) is 4.52. The first-order valence-corrected chi connectivity index (χ1v) is 10.2. The molecule has 31 heavy (non-hydrogen) atoms. The van der Waals surface area contributed by atoms with Crippen LogP contribution in [0, 0.1) is 6.92 Å². The smallest absolute Gasteiger partial charge is 0.292 e. The Hall–Kier alpha value is -3.68. The lowest BCUT2D eigenvalue weighted by Crippen LogP contribution is -2.42. The van der Waals surface area contributed by atoms with Crippen LogP contribution in [0.15, 0.2) is 48.5 Å². The molecule has 0 aliphatic heterocycles. The standard InChI is InChI=1S/C23H27N5O3/c1-14(2)21-20(24-27-28(21)18-10-6-16(5)7-11-18)23(30)26-25-22(29)17-8-12-19(13-9-17)31-15(3)4/h6-15H,1-5H3,(H,25,29)(H,26,30). The van der Waals surface area contributed by atoms with Gasteiger partial charge in [-0.2, -0.15) is 0 Å². The molecule has 0 fully saturated rings. The maximum absolute atomic E-state index is 12.7. The Morgan fingerprint density at radius 1 is 0.903 bits per heavy atom. The SMILES string of the molecule is Cc1ccc(-n2nnc(C(=O)NNC(=O)c3ccc(OC(C)C)cc3)c2C(C)C)cc1. The van der Waals surface area contributed by atoms with E-state index in [2.05, 4.69) is 21.2 Å². The van der Waals surface area contributed by atoms with Gasteiger partial charge in [-0.15, -0.1) is 5.10 Å². The van der Waals surface area contributed by atoms with Crippen LogP contribution >= 0.6 is 0 Å². The van der Waals surface area contributed by atoms with Crippen molar-refractivity contribution in [3.8, 4) is 11.4 Å². The second kappa shape index (κ2) is 9.42. The fraction of sp³-hybridized carbons (Fsp3) is 0.304. The molecular formula is C23H27N5O3. The lowest BCUT2D eigenvalue weighted by Gasteiger charge is -2.12. The number of hydrazine groups is 1. The largest absolute Gasteiger partial charge is 0.491 e. The van der Waals surface area contributed by atoms with Gasteiger partial charge in [0.1, 0.15) is 5.75 Å². The van der Waals surface area contributed by atoms with Crippen molar-refractivity contribution in [3.63, 3.8) is 0 Å². The highest BCUT2D eigenvalue weighted by Crippen LogP contribution is 2.21. The molecule has 1 aromatic heterocycles. The monoisotopic (exact) mass is 421 g/mol. The molecule has 0 radical (unpaired) electrons. The van der Waals surface area contributed by atoms with Crippen molar-refractivity contribution in [2.45, 2.75) is 46.6 Å². The van der Waals surface area contributed by atoms with Gasteiger partial charge in [0.05, 0.1) is 17.5 Å². The van der Waals surface area contributed by atoms with Crippen molar-refractivity contribution in [1.29, 1.82) is 0 Å². The normalized spacial score (nSPS) is 10.9. The number of nitrogens with one attached hydrogen (secondary N) is 2. The number of rotatable bonds is 6. The second-order valence-electron chi connectivity index (χ2n) is 7.82.